The van der Waals surface area contributed by atoms with Gasteiger partial charge in [-0.1, -0.05) is 54.6 Å². The zero-order valence-corrected chi connectivity index (χ0v) is 12.8. The van der Waals surface area contributed by atoms with Crippen molar-refractivity contribution in [1.29, 1.82) is 0 Å². The predicted molar refractivity (Wildman–Crippen MR) is 93.5 cm³/mol. The van der Waals surface area contributed by atoms with E-state index in [4.69, 9.17) is 0 Å². The largest absolute Gasteiger partial charge is 0.477 e. The summed E-state index contributed by atoms with van der Waals surface area (Å²) >= 11 is 0. The summed E-state index contributed by atoms with van der Waals surface area (Å²) in [5.41, 5.74) is 0.946. The van der Waals surface area contributed by atoms with Gasteiger partial charge in [0.2, 0.25) is 0 Å². The minimum absolute atomic E-state index is 0.167. The standard InChI is InChI=1S/C20H15NO3/c22-19(16-7-2-1-3-8-16)21-18(20(23)24)13-14-10-11-15-6-4-5-9-17(15)12-14/h1-13H,(H,21,22)(H,23,24). The molecule has 0 aromatic heterocycles. The fraction of sp³-hybridized carbons (Fsp3) is 0. The highest BCUT2D eigenvalue weighted by Gasteiger charge is 2.13. The number of aliphatic carboxylic acids is 1. The van der Waals surface area contributed by atoms with Crippen LogP contribution in [0.25, 0.3) is 16.8 Å². The second-order valence-corrected chi connectivity index (χ2v) is 5.29. The van der Waals surface area contributed by atoms with E-state index in [9.17, 15) is 14.7 Å². The third-order valence-electron chi connectivity index (χ3n) is 3.60. The van der Waals surface area contributed by atoms with Crippen LogP contribution >= 0.6 is 0 Å². The maximum absolute atomic E-state index is 12.1. The summed E-state index contributed by atoms with van der Waals surface area (Å²) < 4.78 is 0. The van der Waals surface area contributed by atoms with Gasteiger partial charge < -0.3 is 10.4 Å². The van der Waals surface area contributed by atoms with Gasteiger partial charge in [-0.2, -0.15) is 0 Å². The minimum Gasteiger partial charge on any atom is -0.477 e. The molecule has 0 saturated heterocycles. The van der Waals surface area contributed by atoms with Crippen LogP contribution in [-0.2, 0) is 4.79 Å². The van der Waals surface area contributed by atoms with E-state index in [1.54, 1.807) is 30.3 Å². The number of carbonyl (C=O) groups is 2. The van der Waals surface area contributed by atoms with Crippen LogP contribution in [0.2, 0.25) is 0 Å². The summed E-state index contributed by atoms with van der Waals surface area (Å²) in [5, 5.41) is 13.9. The molecule has 0 heterocycles. The molecular weight excluding hydrogens is 302 g/mol. The van der Waals surface area contributed by atoms with E-state index < -0.39 is 11.9 Å². The number of hydrogen-bond donors (Lipinski definition) is 2. The molecule has 118 valence electrons. The van der Waals surface area contributed by atoms with Crippen molar-refractivity contribution in [3.05, 3.63) is 89.6 Å². The Hall–Kier alpha value is -3.40. The summed E-state index contributed by atoms with van der Waals surface area (Å²) in [7, 11) is 0. The number of carbonyl (C=O) groups excluding carboxylic acids is 1. The maximum atomic E-state index is 12.1. The molecule has 4 nitrogen and oxygen atoms in total. The highest BCUT2D eigenvalue weighted by Crippen LogP contribution is 2.17. The highest BCUT2D eigenvalue weighted by atomic mass is 16.4. The Morgan fingerprint density at radius 2 is 1.50 bits per heavy atom. The number of benzene rings is 3. The normalized spacial score (nSPS) is 11.2. The quantitative estimate of drug-likeness (QED) is 0.721. The number of carboxylic acid groups (broad SMARTS) is 1. The molecule has 0 saturated carbocycles. The van der Waals surface area contributed by atoms with Gasteiger partial charge >= 0.3 is 5.97 Å². The molecule has 3 rings (SSSR count). The van der Waals surface area contributed by atoms with Crippen molar-refractivity contribution in [2.24, 2.45) is 0 Å². The number of rotatable bonds is 4. The SMILES string of the molecule is O=C(O)C(=Cc1ccc2ccccc2c1)NC(=O)c1ccccc1. The summed E-state index contributed by atoms with van der Waals surface area (Å²) in [5.74, 6) is -1.64. The first-order valence-corrected chi connectivity index (χ1v) is 7.44. The van der Waals surface area contributed by atoms with Crippen LogP contribution in [0.3, 0.4) is 0 Å². The second-order valence-electron chi connectivity index (χ2n) is 5.29. The molecule has 0 bridgehead atoms. The zero-order chi connectivity index (χ0) is 16.9. The third kappa shape index (κ3) is 3.50. The lowest BCUT2D eigenvalue weighted by molar-refractivity contribution is -0.132. The van der Waals surface area contributed by atoms with Crippen LogP contribution in [0.1, 0.15) is 15.9 Å². The number of fused-ring (bicyclic) bond motifs is 1. The van der Waals surface area contributed by atoms with Crippen LogP contribution < -0.4 is 5.32 Å². The monoisotopic (exact) mass is 317 g/mol. The van der Waals surface area contributed by atoms with Crippen LogP contribution in [0, 0.1) is 0 Å². The van der Waals surface area contributed by atoms with Crippen molar-refractivity contribution in [1.82, 2.24) is 5.32 Å². The Morgan fingerprint density at radius 1 is 0.833 bits per heavy atom. The van der Waals surface area contributed by atoms with E-state index in [2.05, 4.69) is 5.32 Å². The molecule has 2 N–H and O–H groups in total. The fourth-order valence-corrected chi connectivity index (χ4v) is 2.40. The molecule has 0 fully saturated rings. The van der Waals surface area contributed by atoms with E-state index in [1.165, 1.54) is 6.08 Å². The number of hydrogen-bond acceptors (Lipinski definition) is 2. The number of nitrogens with one attached hydrogen (secondary N) is 1. The molecule has 0 atom stereocenters. The molecule has 3 aromatic carbocycles. The van der Waals surface area contributed by atoms with Crippen LogP contribution in [0.5, 0.6) is 0 Å². The van der Waals surface area contributed by atoms with Gasteiger partial charge in [-0.25, -0.2) is 4.79 Å². The predicted octanol–water partition coefficient (Wildman–Crippen LogP) is 3.70. The van der Waals surface area contributed by atoms with Crippen molar-refractivity contribution in [3.8, 4) is 0 Å². The molecule has 1 amide bonds. The first-order valence-electron chi connectivity index (χ1n) is 7.44. The molecule has 0 radical (unpaired) electrons. The summed E-state index contributed by atoms with van der Waals surface area (Å²) in [6.45, 7) is 0. The van der Waals surface area contributed by atoms with Crippen LogP contribution in [0.4, 0.5) is 0 Å². The molecular formula is C20H15NO3. The molecule has 0 aliphatic carbocycles. The van der Waals surface area contributed by atoms with Crippen molar-refractivity contribution < 1.29 is 14.7 Å². The molecule has 0 aliphatic heterocycles. The lowest BCUT2D eigenvalue weighted by atomic mass is 10.1. The van der Waals surface area contributed by atoms with Crippen molar-refractivity contribution in [3.63, 3.8) is 0 Å². The average Bonchev–Trinajstić information content (AvgIpc) is 2.61. The van der Waals surface area contributed by atoms with Gasteiger partial charge in [-0.3, -0.25) is 4.79 Å². The van der Waals surface area contributed by atoms with Crippen LogP contribution in [0.15, 0.2) is 78.5 Å². The second kappa shape index (κ2) is 6.79. The Kier molecular flexibility index (Phi) is 4.38. The Labute approximate surface area is 139 Å². The first-order chi connectivity index (χ1) is 11.6. The van der Waals surface area contributed by atoms with Crippen molar-refractivity contribution >= 4 is 28.7 Å². The lowest BCUT2D eigenvalue weighted by Gasteiger charge is -2.07. The van der Waals surface area contributed by atoms with Crippen molar-refractivity contribution in [2.45, 2.75) is 0 Å². The topological polar surface area (TPSA) is 66.4 Å². The Morgan fingerprint density at radius 3 is 2.21 bits per heavy atom. The van der Waals surface area contributed by atoms with Gasteiger partial charge in [0.25, 0.3) is 5.91 Å². The fourth-order valence-electron chi connectivity index (χ4n) is 2.40. The lowest BCUT2D eigenvalue weighted by Crippen LogP contribution is -2.27. The number of amides is 1. The number of carboxylic acids is 1. The van der Waals surface area contributed by atoms with E-state index in [-0.39, 0.29) is 5.70 Å². The minimum atomic E-state index is -1.19. The van der Waals surface area contributed by atoms with E-state index in [0.717, 1.165) is 10.8 Å². The maximum Gasteiger partial charge on any atom is 0.352 e. The molecule has 4 heteroatoms. The van der Waals surface area contributed by atoms with Gasteiger partial charge in [0.05, 0.1) is 0 Å². The smallest absolute Gasteiger partial charge is 0.352 e. The van der Waals surface area contributed by atoms with E-state index >= 15 is 0 Å². The first kappa shape index (κ1) is 15.5. The third-order valence-corrected chi connectivity index (χ3v) is 3.60. The van der Waals surface area contributed by atoms with E-state index in [0.29, 0.717) is 11.1 Å². The Balaban J connectivity index is 1.90. The zero-order valence-electron chi connectivity index (χ0n) is 12.8. The van der Waals surface area contributed by atoms with Crippen molar-refractivity contribution in [2.75, 3.05) is 0 Å². The molecule has 0 spiro atoms. The van der Waals surface area contributed by atoms with Gasteiger partial charge in [0, 0.05) is 5.56 Å². The molecule has 24 heavy (non-hydrogen) atoms. The molecule has 3 aromatic rings. The summed E-state index contributed by atoms with van der Waals surface area (Å²) in [6.07, 6.45) is 1.45. The van der Waals surface area contributed by atoms with Gasteiger partial charge in [0.15, 0.2) is 0 Å². The molecule has 0 aliphatic rings. The average molecular weight is 317 g/mol. The summed E-state index contributed by atoms with van der Waals surface area (Å²) in [4.78, 5) is 23.6. The molecule has 0 unspecified atom stereocenters. The highest BCUT2D eigenvalue weighted by molar-refractivity contribution is 6.03. The summed E-state index contributed by atoms with van der Waals surface area (Å²) in [6, 6.07) is 21.9. The van der Waals surface area contributed by atoms with Gasteiger partial charge in [0.1, 0.15) is 5.70 Å². The van der Waals surface area contributed by atoms with Gasteiger partial charge in [-0.05, 0) is 40.6 Å². The van der Waals surface area contributed by atoms with Crippen LogP contribution in [-0.4, -0.2) is 17.0 Å². The van der Waals surface area contributed by atoms with Gasteiger partial charge in [-0.15, -0.1) is 0 Å². The Bertz CT molecular complexity index is 930. The van der Waals surface area contributed by atoms with E-state index in [1.807, 2.05) is 42.5 Å².